The molecule has 6 rings (SSSR count). The van der Waals surface area contributed by atoms with Gasteiger partial charge in [0.1, 0.15) is 22.2 Å². The summed E-state index contributed by atoms with van der Waals surface area (Å²) in [5.74, 6) is 1.14. The molecule has 32 heavy (non-hydrogen) atoms. The van der Waals surface area contributed by atoms with Crippen molar-refractivity contribution < 1.29 is 8.98 Å². The Hall–Kier alpha value is -3.59. The Kier molecular flexibility index (Phi) is 3.86. The van der Waals surface area contributed by atoms with Crippen LogP contribution in [0.15, 0.2) is 77.3 Å². The van der Waals surface area contributed by atoms with Crippen LogP contribution >= 0.6 is 0 Å². The summed E-state index contributed by atoms with van der Waals surface area (Å²) in [4.78, 5) is 0. The molecule has 6 aromatic rings. The monoisotopic (exact) mass is 419 g/mol. The predicted molar refractivity (Wildman–Crippen MR) is 133 cm³/mol. The predicted octanol–water partition coefficient (Wildman–Crippen LogP) is 7.11. The van der Waals surface area contributed by atoms with E-state index >= 15 is 0 Å². The third-order valence-corrected chi connectivity index (χ3v) is 6.68. The molecule has 0 unspecified atom stereocenters. The summed E-state index contributed by atoms with van der Waals surface area (Å²) < 4.78 is 11.2. The molecule has 0 fully saturated rings. The van der Waals surface area contributed by atoms with Gasteiger partial charge >= 0.3 is 0 Å². The molecule has 158 valence electrons. The van der Waals surface area contributed by atoms with E-state index in [4.69, 9.17) is 4.42 Å². The van der Waals surface area contributed by atoms with Crippen LogP contribution in [0.1, 0.15) is 31.9 Å². The molecule has 0 saturated heterocycles. The zero-order valence-electron chi connectivity index (χ0n) is 19.2. The lowest BCUT2D eigenvalue weighted by Gasteiger charge is -2.23. The van der Waals surface area contributed by atoms with E-state index < -0.39 is 0 Å². The van der Waals surface area contributed by atoms with Gasteiger partial charge in [-0.25, -0.2) is 4.57 Å². The van der Waals surface area contributed by atoms with E-state index in [9.17, 15) is 0 Å². The van der Waals surface area contributed by atoms with Crippen molar-refractivity contribution in [3.63, 3.8) is 0 Å². The fourth-order valence-electron chi connectivity index (χ4n) is 5.52. The van der Waals surface area contributed by atoms with Gasteiger partial charge in [-0.15, -0.1) is 0 Å². The molecule has 3 aromatic heterocycles. The van der Waals surface area contributed by atoms with Crippen molar-refractivity contribution in [2.75, 3.05) is 0 Å². The maximum absolute atomic E-state index is 6.62. The Bertz CT molecular complexity index is 1680. The van der Waals surface area contributed by atoms with Crippen LogP contribution in [-0.2, 0) is 12.5 Å². The third kappa shape index (κ3) is 2.45. The first-order valence-electron chi connectivity index (χ1n) is 11.2. The van der Waals surface area contributed by atoms with Crippen LogP contribution in [0.5, 0.6) is 0 Å². The van der Waals surface area contributed by atoms with Crippen LogP contribution in [0, 0.1) is 6.92 Å². The molecular formula is C29H27N2O+. The van der Waals surface area contributed by atoms with Crippen molar-refractivity contribution in [3.8, 4) is 5.82 Å². The lowest BCUT2D eigenvalue weighted by molar-refractivity contribution is -0.665. The number of hydrogen-bond acceptors (Lipinski definition) is 1. The standard InChI is InChI=1S/C29H27N2O/c1-18-26(29(2,3)4)24-20-13-7-9-15-22(20)32-28(24)25-19-12-6-8-14-21(19)31(27(18)25)23-16-10-11-17-30(23)5/h6-17H,1-5H3/q+1. The minimum Gasteiger partial charge on any atom is -0.455 e. The Morgan fingerprint density at radius 1 is 0.812 bits per heavy atom. The van der Waals surface area contributed by atoms with E-state index in [1.54, 1.807) is 0 Å². The van der Waals surface area contributed by atoms with Crippen LogP contribution in [0.3, 0.4) is 0 Å². The fourth-order valence-corrected chi connectivity index (χ4v) is 5.52. The highest BCUT2D eigenvalue weighted by atomic mass is 16.3. The molecule has 0 spiro atoms. The van der Waals surface area contributed by atoms with E-state index in [0.29, 0.717) is 0 Å². The van der Waals surface area contributed by atoms with Gasteiger partial charge < -0.3 is 4.42 Å². The second-order valence-electron chi connectivity index (χ2n) is 9.80. The highest BCUT2D eigenvalue weighted by molar-refractivity contribution is 6.25. The number of fused-ring (bicyclic) bond motifs is 7. The number of hydrogen-bond donors (Lipinski definition) is 0. The molecular weight excluding hydrogens is 392 g/mol. The van der Waals surface area contributed by atoms with Crippen LogP contribution in [-0.4, -0.2) is 4.57 Å². The van der Waals surface area contributed by atoms with Crippen LogP contribution < -0.4 is 4.57 Å². The average Bonchev–Trinajstić information content (AvgIpc) is 3.30. The molecule has 0 amide bonds. The van der Waals surface area contributed by atoms with Gasteiger partial charge in [-0.1, -0.05) is 57.2 Å². The van der Waals surface area contributed by atoms with Gasteiger partial charge in [0.05, 0.1) is 18.6 Å². The maximum Gasteiger partial charge on any atom is 0.286 e. The summed E-state index contributed by atoms with van der Waals surface area (Å²) in [5, 5.41) is 4.86. The van der Waals surface area contributed by atoms with E-state index in [2.05, 4.69) is 117 Å². The molecule has 0 radical (unpaired) electrons. The van der Waals surface area contributed by atoms with Crippen molar-refractivity contribution in [3.05, 3.63) is 84.1 Å². The SMILES string of the molecule is Cc1c(C(C)(C)C)c2c3ccccc3oc2c2c3ccccc3n(-c3cccc[n+]3C)c12. The van der Waals surface area contributed by atoms with Gasteiger partial charge in [-0.05, 0) is 42.2 Å². The van der Waals surface area contributed by atoms with Gasteiger partial charge in [0.15, 0.2) is 0 Å². The van der Waals surface area contributed by atoms with Crippen LogP contribution in [0.25, 0.3) is 49.6 Å². The first-order valence-corrected chi connectivity index (χ1v) is 11.2. The van der Waals surface area contributed by atoms with E-state index in [0.717, 1.165) is 17.0 Å². The number of aryl methyl sites for hydroxylation is 2. The van der Waals surface area contributed by atoms with Crippen molar-refractivity contribution in [2.45, 2.75) is 33.1 Å². The Morgan fingerprint density at radius 2 is 1.50 bits per heavy atom. The molecule has 3 aromatic carbocycles. The molecule has 0 atom stereocenters. The zero-order chi connectivity index (χ0) is 22.2. The number of para-hydroxylation sites is 2. The first kappa shape index (κ1) is 19.1. The Morgan fingerprint density at radius 3 is 2.25 bits per heavy atom. The number of furan rings is 1. The summed E-state index contributed by atoms with van der Waals surface area (Å²) in [5.41, 5.74) is 6.99. The molecule has 0 N–H and O–H groups in total. The lowest BCUT2D eigenvalue weighted by atomic mass is 9.80. The second-order valence-corrected chi connectivity index (χ2v) is 9.80. The Labute approximate surface area is 187 Å². The highest BCUT2D eigenvalue weighted by Crippen LogP contribution is 2.47. The quantitative estimate of drug-likeness (QED) is 0.260. The topological polar surface area (TPSA) is 21.9 Å². The second kappa shape index (κ2) is 6.46. The Balaban J connectivity index is 1.99. The number of rotatable bonds is 1. The van der Waals surface area contributed by atoms with Crippen molar-refractivity contribution >= 4 is 43.7 Å². The third-order valence-electron chi connectivity index (χ3n) is 6.68. The summed E-state index contributed by atoms with van der Waals surface area (Å²) in [6, 6.07) is 23.5. The van der Waals surface area contributed by atoms with E-state index in [1.807, 2.05) is 0 Å². The van der Waals surface area contributed by atoms with Gasteiger partial charge in [-0.3, -0.25) is 0 Å². The molecule has 0 bridgehead atoms. The molecule has 0 aliphatic rings. The maximum atomic E-state index is 6.62. The van der Waals surface area contributed by atoms with E-state index in [-0.39, 0.29) is 5.41 Å². The average molecular weight is 420 g/mol. The lowest BCUT2D eigenvalue weighted by Crippen LogP contribution is -2.33. The fraction of sp³-hybridized carbons (Fsp3) is 0.207. The van der Waals surface area contributed by atoms with Crippen LogP contribution in [0.2, 0.25) is 0 Å². The summed E-state index contributed by atoms with van der Waals surface area (Å²) in [7, 11) is 2.11. The molecule has 3 nitrogen and oxygen atoms in total. The molecule has 3 heteroatoms. The smallest absolute Gasteiger partial charge is 0.286 e. The normalized spacial score (nSPS) is 12.5. The van der Waals surface area contributed by atoms with Crippen molar-refractivity contribution in [2.24, 2.45) is 7.05 Å². The number of pyridine rings is 1. The zero-order valence-corrected chi connectivity index (χ0v) is 19.2. The number of nitrogens with zero attached hydrogens (tertiary/aromatic N) is 2. The van der Waals surface area contributed by atoms with Gasteiger partial charge in [-0.2, -0.15) is 4.57 Å². The molecule has 0 saturated carbocycles. The summed E-state index contributed by atoms with van der Waals surface area (Å²) >= 11 is 0. The minimum atomic E-state index is -0.0384. The number of benzene rings is 3. The largest absolute Gasteiger partial charge is 0.455 e. The molecule has 0 aliphatic heterocycles. The summed E-state index contributed by atoms with van der Waals surface area (Å²) in [6.45, 7) is 9.19. The molecule has 3 heterocycles. The van der Waals surface area contributed by atoms with Gasteiger partial charge in [0.2, 0.25) is 0 Å². The highest BCUT2D eigenvalue weighted by Gasteiger charge is 2.32. The minimum absolute atomic E-state index is 0.0384. The van der Waals surface area contributed by atoms with E-state index in [1.165, 1.54) is 43.7 Å². The van der Waals surface area contributed by atoms with Gasteiger partial charge in [0, 0.05) is 27.8 Å². The van der Waals surface area contributed by atoms with Crippen LogP contribution in [0.4, 0.5) is 0 Å². The van der Waals surface area contributed by atoms with Crippen molar-refractivity contribution in [1.29, 1.82) is 0 Å². The van der Waals surface area contributed by atoms with Gasteiger partial charge in [0.25, 0.3) is 5.82 Å². The molecule has 0 aliphatic carbocycles. The summed E-state index contributed by atoms with van der Waals surface area (Å²) in [6.07, 6.45) is 2.11. The number of aromatic nitrogens is 2. The van der Waals surface area contributed by atoms with Crippen molar-refractivity contribution in [1.82, 2.24) is 4.57 Å². The first-order chi connectivity index (χ1) is 15.4.